The number of hydrogen-bond acceptors (Lipinski definition) is 4. The predicted molar refractivity (Wildman–Crippen MR) is 136 cm³/mol. The molecule has 36 heavy (non-hydrogen) atoms. The number of likely N-dealkylation sites (tertiary alicyclic amines) is 1. The topological polar surface area (TPSA) is 62.7 Å². The number of piperidine rings is 1. The molecule has 192 valence electrons. The molecule has 0 bridgehead atoms. The number of methoxy groups -OCH3 is 1. The number of carboxylic acids is 1. The van der Waals surface area contributed by atoms with Crippen molar-refractivity contribution in [3.63, 3.8) is 0 Å². The van der Waals surface area contributed by atoms with Crippen molar-refractivity contribution in [1.29, 1.82) is 0 Å². The van der Waals surface area contributed by atoms with Crippen LogP contribution in [0.5, 0.6) is 5.75 Å². The van der Waals surface area contributed by atoms with Crippen LogP contribution in [-0.4, -0.2) is 47.7 Å². The van der Waals surface area contributed by atoms with Gasteiger partial charge in [-0.2, -0.15) is 0 Å². The number of fused-ring (bicyclic) bond motifs is 1. The Morgan fingerprint density at radius 2 is 2.06 bits per heavy atom. The van der Waals surface area contributed by atoms with Gasteiger partial charge < -0.3 is 14.7 Å². The molecule has 3 aromatic rings. The van der Waals surface area contributed by atoms with E-state index in [1.807, 2.05) is 30.3 Å². The molecule has 0 amide bonds. The van der Waals surface area contributed by atoms with Crippen LogP contribution in [0.25, 0.3) is 10.9 Å². The van der Waals surface area contributed by atoms with Crippen LogP contribution in [0.4, 0.5) is 8.78 Å². The Bertz CT molecular complexity index is 1170. The number of benzene rings is 2. The first kappa shape index (κ1) is 26.0. The van der Waals surface area contributed by atoms with Gasteiger partial charge in [-0.1, -0.05) is 18.2 Å². The summed E-state index contributed by atoms with van der Waals surface area (Å²) >= 11 is 0. The Morgan fingerprint density at radius 3 is 2.83 bits per heavy atom. The molecule has 7 heteroatoms. The van der Waals surface area contributed by atoms with E-state index in [0.29, 0.717) is 42.7 Å². The molecule has 1 N–H and O–H groups in total. The lowest BCUT2D eigenvalue weighted by atomic mass is 9.79. The minimum Gasteiger partial charge on any atom is -0.497 e. The first-order valence-corrected chi connectivity index (χ1v) is 12.7. The van der Waals surface area contributed by atoms with Gasteiger partial charge in [-0.25, -0.2) is 8.78 Å². The van der Waals surface area contributed by atoms with E-state index in [-0.39, 0.29) is 24.1 Å². The molecule has 1 fully saturated rings. The molecule has 4 rings (SSSR count). The lowest BCUT2D eigenvalue weighted by molar-refractivity contribution is -0.139. The van der Waals surface area contributed by atoms with Crippen LogP contribution in [0, 0.1) is 17.7 Å². The molecule has 0 spiro atoms. The maximum atomic E-state index is 15.5. The Labute approximate surface area is 211 Å². The lowest BCUT2D eigenvalue weighted by Gasteiger charge is -2.38. The van der Waals surface area contributed by atoms with Gasteiger partial charge in [0.25, 0.3) is 0 Å². The maximum Gasteiger partial charge on any atom is 0.303 e. The number of carbonyl (C=O) groups is 1. The van der Waals surface area contributed by atoms with Crippen LogP contribution in [0.15, 0.2) is 54.7 Å². The summed E-state index contributed by atoms with van der Waals surface area (Å²) in [4.78, 5) is 18.2. The summed E-state index contributed by atoms with van der Waals surface area (Å²) in [6.07, 6.45) is 3.84. The molecule has 0 radical (unpaired) electrons. The molecule has 3 atom stereocenters. The van der Waals surface area contributed by atoms with Gasteiger partial charge in [-0.05, 0) is 98.5 Å². The van der Waals surface area contributed by atoms with Crippen LogP contribution >= 0.6 is 0 Å². The SMILES string of the molecule is COc1ccc2nccc(C(F)CC[C@@H]3CCN(CCCc4ccccc4F)C[C@@H]3CC(=O)O)c2c1. The molecular formula is C29H34F2N2O3. The van der Waals surface area contributed by atoms with Gasteiger partial charge in [0.1, 0.15) is 17.7 Å². The summed E-state index contributed by atoms with van der Waals surface area (Å²) in [5.74, 6) is -0.202. The first-order valence-electron chi connectivity index (χ1n) is 12.7. The van der Waals surface area contributed by atoms with E-state index >= 15 is 4.39 Å². The van der Waals surface area contributed by atoms with Crippen molar-refractivity contribution in [3.8, 4) is 5.75 Å². The Kier molecular flexibility index (Phi) is 8.86. The quantitative estimate of drug-likeness (QED) is 0.342. The van der Waals surface area contributed by atoms with Gasteiger partial charge in [0.2, 0.25) is 0 Å². The third kappa shape index (κ3) is 6.58. The van der Waals surface area contributed by atoms with Gasteiger partial charge in [-0.3, -0.25) is 9.78 Å². The average molecular weight is 497 g/mol. The highest BCUT2D eigenvalue weighted by Gasteiger charge is 2.31. The van der Waals surface area contributed by atoms with E-state index in [2.05, 4.69) is 9.88 Å². The molecule has 0 aliphatic carbocycles. The third-order valence-corrected chi connectivity index (χ3v) is 7.40. The van der Waals surface area contributed by atoms with E-state index in [1.54, 1.807) is 25.4 Å². The maximum absolute atomic E-state index is 15.5. The number of pyridine rings is 1. The van der Waals surface area contributed by atoms with E-state index in [1.165, 1.54) is 6.07 Å². The fourth-order valence-electron chi connectivity index (χ4n) is 5.45. The number of ether oxygens (including phenoxy) is 1. The number of carboxylic acid groups (broad SMARTS) is 1. The number of halogens is 2. The van der Waals surface area contributed by atoms with Crippen LogP contribution < -0.4 is 4.74 Å². The van der Waals surface area contributed by atoms with Crippen molar-refractivity contribution in [2.24, 2.45) is 11.8 Å². The summed E-state index contributed by atoms with van der Waals surface area (Å²) < 4.78 is 34.6. The molecule has 1 aromatic heterocycles. The van der Waals surface area contributed by atoms with Gasteiger partial charge >= 0.3 is 5.97 Å². The minimum absolute atomic E-state index is 0.0220. The van der Waals surface area contributed by atoms with Crippen molar-refractivity contribution in [2.45, 2.75) is 44.7 Å². The number of aromatic nitrogens is 1. The fourth-order valence-corrected chi connectivity index (χ4v) is 5.45. The standard InChI is InChI=1S/C29H34F2N2O3/c1-36-23-9-11-28-25(18-23)24(12-14-32-28)27(31)10-8-20-13-16-33(19-22(20)17-29(34)35)15-4-6-21-5-2-3-7-26(21)30/h2-3,5,7,9,11-12,14,18,20,22,27H,4,6,8,10,13,15-17,19H2,1H3,(H,34,35)/t20-,22+,27?/m1/s1. The smallest absolute Gasteiger partial charge is 0.303 e. The van der Waals surface area contributed by atoms with Gasteiger partial charge in [-0.15, -0.1) is 0 Å². The van der Waals surface area contributed by atoms with Crippen molar-refractivity contribution >= 4 is 16.9 Å². The second kappa shape index (κ2) is 12.3. The highest BCUT2D eigenvalue weighted by molar-refractivity contribution is 5.83. The zero-order valence-corrected chi connectivity index (χ0v) is 20.7. The monoisotopic (exact) mass is 496 g/mol. The van der Waals surface area contributed by atoms with Crippen molar-refractivity contribution < 1.29 is 23.4 Å². The molecule has 1 aliphatic rings. The molecule has 5 nitrogen and oxygen atoms in total. The van der Waals surface area contributed by atoms with Gasteiger partial charge in [0.15, 0.2) is 0 Å². The van der Waals surface area contributed by atoms with Crippen molar-refractivity contribution in [3.05, 3.63) is 71.7 Å². The van der Waals surface area contributed by atoms with E-state index in [0.717, 1.165) is 36.8 Å². The van der Waals surface area contributed by atoms with Crippen molar-refractivity contribution in [2.75, 3.05) is 26.7 Å². The first-order chi connectivity index (χ1) is 17.4. The predicted octanol–water partition coefficient (Wildman–Crippen LogP) is 6.22. The summed E-state index contributed by atoms with van der Waals surface area (Å²) in [6.45, 7) is 2.33. The van der Waals surface area contributed by atoms with Crippen molar-refractivity contribution in [1.82, 2.24) is 9.88 Å². The number of hydrogen-bond donors (Lipinski definition) is 1. The number of nitrogens with zero attached hydrogens (tertiary/aromatic N) is 2. The summed E-state index contributed by atoms with van der Waals surface area (Å²) in [5.41, 5.74) is 2.03. The summed E-state index contributed by atoms with van der Waals surface area (Å²) in [7, 11) is 1.58. The minimum atomic E-state index is -1.16. The molecule has 1 unspecified atom stereocenters. The van der Waals surface area contributed by atoms with E-state index in [4.69, 9.17) is 4.74 Å². The van der Waals surface area contributed by atoms with Crippen LogP contribution in [0.1, 0.15) is 49.4 Å². The largest absolute Gasteiger partial charge is 0.497 e. The number of aliphatic carboxylic acids is 1. The zero-order chi connectivity index (χ0) is 25.5. The normalized spacial score (nSPS) is 19.3. The molecule has 0 saturated carbocycles. The van der Waals surface area contributed by atoms with E-state index in [9.17, 15) is 14.3 Å². The fraction of sp³-hybridized carbons (Fsp3) is 0.448. The lowest BCUT2D eigenvalue weighted by Crippen LogP contribution is -2.42. The number of aryl methyl sites for hydroxylation is 1. The summed E-state index contributed by atoms with van der Waals surface area (Å²) in [6, 6.07) is 14.0. The van der Waals surface area contributed by atoms with E-state index < -0.39 is 12.1 Å². The Balaban J connectivity index is 1.35. The molecule has 1 aliphatic heterocycles. The molecular weight excluding hydrogens is 462 g/mol. The Morgan fingerprint density at radius 1 is 1.22 bits per heavy atom. The second-order valence-electron chi connectivity index (χ2n) is 9.73. The van der Waals surface area contributed by atoms with Gasteiger partial charge in [0, 0.05) is 24.5 Å². The van der Waals surface area contributed by atoms with Crippen LogP contribution in [0.3, 0.4) is 0 Å². The highest BCUT2D eigenvalue weighted by Crippen LogP contribution is 2.36. The highest BCUT2D eigenvalue weighted by atomic mass is 19.1. The second-order valence-corrected chi connectivity index (χ2v) is 9.73. The zero-order valence-electron chi connectivity index (χ0n) is 20.7. The van der Waals surface area contributed by atoms with Gasteiger partial charge in [0.05, 0.1) is 12.6 Å². The molecule has 1 saturated heterocycles. The Hall–Kier alpha value is -3.06. The third-order valence-electron chi connectivity index (χ3n) is 7.40. The molecule has 2 heterocycles. The number of rotatable bonds is 11. The molecule has 2 aromatic carbocycles. The van der Waals surface area contributed by atoms with Crippen LogP contribution in [0.2, 0.25) is 0 Å². The number of alkyl halides is 1. The summed E-state index contributed by atoms with van der Waals surface area (Å²) in [5, 5.41) is 10.2. The average Bonchev–Trinajstić information content (AvgIpc) is 2.88. The van der Waals surface area contributed by atoms with Crippen LogP contribution in [-0.2, 0) is 11.2 Å².